The highest BCUT2D eigenvalue weighted by Gasteiger charge is 2.50. The minimum Gasteiger partial charge on any atom is -0.491 e. The molecule has 0 radical (unpaired) electrons. The fourth-order valence-electron chi connectivity index (χ4n) is 3.86. The Morgan fingerprint density at radius 1 is 1.12 bits per heavy atom. The SMILES string of the molecule is CC(=O)c1ccccc1OCCN1C(=O)NC2(CCCCCCC2)C1=O. The van der Waals surface area contributed by atoms with Gasteiger partial charge in [0.05, 0.1) is 12.1 Å². The quantitative estimate of drug-likeness (QED) is 0.647. The number of ether oxygens (including phenoxy) is 1. The minimum absolute atomic E-state index is 0.0796. The fourth-order valence-corrected chi connectivity index (χ4v) is 3.86. The molecule has 1 aromatic carbocycles. The average molecular weight is 358 g/mol. The predicted octanol–water partition coefficient (Wildman–Crippen LogP) is 3.30. The summed E-state index contributed by atoms with van der Waals surface area (Å²) < 4.78 is 5.68. The van der Waals surface area contributed by atoms with Gasteiger partial charge in [0.1, 0.15) is 17.9 Å². The molecule has 1 aliphatic carbocycles. The lowest BCUT2D eigenvalue weighted by Crippen LogP contribution is -2.47. The summed E-state index contributed by atoms with van der Waals surface area (Å²) in [5, 5.41) is 2.94. The van der Waals surface area contributed by atoms with E-state index >= 15 is 0 Å². The maximum absolute atomic E-state index is 12.9. The number of nitrogens with one attached hydrogen (secondary N) is 1. The number of ketones is 1. The van der Waals surface area contributed by atoms with Gasteiger partial charge in [0, 0.05) is 0 Å². The van der Waals surface area contributed by atoms with E-state index in [1.54, 1.807) is 24.3 Å². The molecule has 26 heavy (non-hydrogen) atoms. The van der Waals surface area contributed by atoms with Crippen LogP contribution in [0.4, 0.5) is 4.79 Å². The molecule has 140 valence electrons. The second kappa shape index (κ2) is 7.89. The number of para-hydroxylation sites is 1. The molecule has 1 aromatic rings. The Labute approximate surface area is 153 Å². The molecule has 1 N–H and O–H groups in total. The number of carbonyl (C=O) groups is 3. The van der Waals surface area contributed by atoms with Crippen LogP contribution in [0, 0.1) is 0 Å². The lowest BCUT2D eigenvalue weighted by atomic mass is 9.84. The van der Waals surface area contributed by atoms with Gasteiger partial charge in [-0.25, -0.2) is 4.79 Å². The molecule has 6 nitrogen and oxygen atoms in total. The predicted molar refractivity (Wildman–Crippen MR) is 97.2 cm³/mol. The third-order valence-electron chi connectivity index (χ3n) is 5.29. The van der Waals surface area contributed by atoms with E-state index in [0.717, 1.165) is 25.7 Å². The number of carbonyl (C=O) groups excluding carboxylic acids is 3. The Morgan fingerprint density at radius 2 is 1.77 bits per heavy atom. The molecular formula is C20H26N2O4. The third kappa shape index (κ3) is 3.74. The van der Waals surface area contributed by atoms with E-state index in [2.05, 4.69) is 5.32 Å². The number of rotatable bonds is 5. The van der Waals surface area contributed by atoms with Crippen molar-refractivity contribution < 1.29 is 19.1 Å². The number of benzene rings is 1. The number of hydrogen-bond acceptors (Lipinski definition) is 4. The van der Waals surface area contributed by atoms with E-state index in [-0.39, 0.29) is 30.9 Å². The Kier molecular flexibility index (Phi) is 5.59. The summed E-state index contributed by atoms with van der Waals surface area (Å²) in [5.41, 5.74) is -0.226. The van der Waals surface area contributed by atoms with Gasteiger partial charge in [0.25, 0.3) is 5.91 Å². The van der Waals surface area contributed by atoms with Crippen LogP contribution < -0.4 is 10.1 Å². The highest BCUT2D eigenvalue weighted by molar-refractivity contribution is 6.07. The third-order valence-corrected chi connectivity index (χ3v) is 5.29. The number of Topliss-reactive ketones (excluding diaryl/α,β-unsaturated/α-hetero) is 1. The Bertz CT molecular complexity index is 693. The summed E-state index contributed by atoms with van der Waals surface area (Å²) in [4.78, 5) is 38.2. The summed E-state index contributed by atoms with van der Waals surface area (Å²) >= 11 is 0. The molecule has 2 fully saturated rings. The normalized spacial score (nSPS) is 19.8. The van der Waals surface area contributed by atoms with Gasteiger partial charge in [0.2, 0.25) is 0 Å². The van der Waals surface area contributed by atoms with Crippen molar-refractivity contribution in [1.82, 2.24) is 10.2 Å². The maximum atomic E-state index is 12.9. The smallest absolute Gasteiger partial charge is 0.325 e. The molecule has 3 rings (SSSR count). The Morgan fingerprint density at radius 3 is 2.46 bits per heavy atom. The summed E-state index contributed by atoms with van der Waals surface area (Å²) in [5.74, 6) is 0.268. The molecular weight excluding hydrogens is 332 g/mol. The monoisotopic (exact) mass is 358 g/mol. The van der Waals surface area contributed by atoms with Gasteiger partial charge >= 0.3 is 6.03 Å². The zero-order valence-electron chi connectivity index (χ0n) is 15.3. The Hall–Kier alpha value is -2.37. The van der Waals surface area contributed by atoms with Crippen LogP contribution in [0.5, 0.6) is 5.75 Å². The summed E-state index contributed by atoms with van der Waals surface area (Å²) in [6, 6.07) is 6.66. The number of imide groups is 1. The van der Waals surface area contributed by atoms with Crippen molar-refractivity contribution in [2.24, 2.45) is 0 Å². The topological polar surface area (TPSA) is 75.7 Å². The molecule has 2 aliphatic rings. The van der Waals surface area contributed by atoms with Gasteiger partial charge < -0.3 is 10.1 Å². The van der Waals surface area contributed by atoms with Gasteiger partial charge in [-0.2, -0.15) is 0 Å². The highest BCUT2D eigenvalue weighted by atomic mass is 16.5. The van der Waals surface area contributed by atoms with Crippen molar-refractivity contribution in [3.63, 3.8) is 0 Å². The zero-order valence-corrected chi connectivity index (χ0v) is 15.3. The molecule has 1 heterocycles. The zero-order chi connectivity index (χ0) is 18.6. The summed E-state index contributed by atoms with van der Waals surface area (Å²) in [7, 11) is 0. The van der Waals surface area contributed by atoms with E-state index in [1.165, 1.54) is 18.2 Å². The second-order valence-corrected chi connectivity index (χ2v) is 7.14. The van der Waals surface area contributed by atoms with Gasteiger partial charge in [-0.05, 0) is 31.9 Å². The molecule has 1 saturated heterocycles. The van der Waals surface area contributed by atoms with Crippen LogP contribution in [-0.4, -0.2) is 41.3 Å². The van der Waals surface area contributed by atoms with Gasteiger partial charge in [-0.1, -0.05) is 44.2 Å². The fraction of sp³-hybridized carbons (Fsp3) is 0.550. The Balaban J connectivity index is 1.62. The molecule has 3 amide bonds. The van der Waals surface area contributed by atoms with E-state index < -0.39 is 5.54 Å². The highest BCUT2D eigenvalue weighted by Crippen LogP contribution is 2.32. The molecule has 0 aromatic heterocycles. The van der Waals surface area contributed by atoms with Gasteiger partial charge in [-0.3, -0.25) is 14.5 Å². The van der Waals surface area contributed by atoms with Crippen LogP contribution in [0.15, 0.2) is 24.3 Å². The van der Waals surface area contributed by atoms with Crippen molar-refractivity contribution >= 4 is 17.7 Å². The van der Waals surface area contributed by atoms with Crippen LogP contribution in [0.1, 0.15) is 62.2 Å². The molecule has 0 unspecified atom stereocenters. The first kappa shape index (κ1) is 18.4. The first-order valence-electron chi connectivity index (χ1n) is 9.40. The molecule has 0 atom stereocenters. The first-order chi connectivity index (χ1) is 12.5. The summed E-state index contributed by atoms with van der Waals surface area (Å²) in [6.45, 7) is 1.83. The van der Waals surface area contributed by atoms with Crippen LogP contribution >= 0.6 is 0 Å². The average Bonchev–Trinajstić information content (AvgIpc) is 2.83. The second-order valence-electron chi connectivity index (χ2n) is 7.14. The van der Waals surface area contributed by atoms with Crippen molar-refractivity contribution in [2.45, 2.75) is 57.4 Å². The van der Waals surface area contributed by atoms with Crippen molar-refractivity contribution in [3.8, 4) is 5.75 Å². The number of nitrogens with zero attached hydrogens (tertiary/aromatic N) is 1. The number of hydrogen-bond donors (Lipinski definition) is 1. The summed E-state index contributed by atoms with van der Waals surface area (Å²) in [6.07, 6.45) is 6.76. The minimum atomic E-state index is -0.727. The van der Waals surface area contributed by atoms with Crippen LogP contribution in [0.2, 0.25) is 0 Å². The number of amides is 3. The van der Waals surface area contributed by atoms with Crippen molar-refractivity contribution in [1.29, 1.82) is 0 Å². The molecule has 6 heteroatoms. The largest absolute Gasteiger partial charge is 0.491 e. The van der Waals surface area contributed by atoms with Crippen LogP contribution in [-0.2, 0) is 4.79 Å². The van der Waals surface area contributed by atoms with E-state index in [0.29, 0.717) is 24.2 Å². The lowest BCUT2D eigenvalue weighted by molar-refractivity contribution is -0.132. The van der Waals surface area contributed by atoms with Crippen molar-refractivity contribution in [2.75, 3.05) is 13.2 Å². The molecule has 1 saturated carbocycles. The molecule has 0 bridgehead atoms. The van der Waals surface area contributed by atoms with Crippen LogP contribution in [0.25, 0.3) is 0 Å². The maximum Gasteiger partial charge on any atom is 0.325 e. The first-order valence-corrected chi connectivity index (χ1v) is 9.40. The van der Waals surface area contributed by atoms with Gasteiger partial charge in [0.15, 0.2) is 5.78 Å². The number of urea groups is 1. The molecule has 1 aliphatic heterocycles. The van der Waals surface area contributed by atoms with E-state index in [1.807, 2.05) is 0 Å². The van der Waals surface area contributed by atoms with Crippen molar-refractivity contribution in [3.05, 3.63) is 29.8 Å². The van der Waals surface area contributed by atoms with E-state index in [4.69, 9.17) is 4.74 Å². The lowest BCUT2D eigenvalue weighted by Gasteiger charge is -2.28. The molecule has 1 spiro atoms. The van der Waals surface area contributed by atoms with E-state index in [9.17, 15) is 14.4 Å². The van der Waals surface area contributed by atoms with Gasteiger partial charge in [-0.15, -0.1) is 0 Å². The van der Waals surface area contributed by atoms with Crippen LogP contribution in [0.3, 0.4) is 0 Å². The standard InChI is InChI=1S/C20H26N2O4/c1-15(23)16-9-5-6-10-17(16)26-14-13-22-18(24)20(21-19(22)25)11-7-3-2-4-8-12-20/h5-6,9-10H,2-4,7-8,11-14H2,1H3,(H,21,25).